The Labute approximate surface area is 182 Å². The molecule has 0 radical (unpaired) electrons. The molecule has 31 heavy (non-hydrogen) atoms. The molecule has 2 aromatic rings. The predicted octanol–water partition coefficient (Wildman–Crippen LogP) is 1.87. The Kier molecular flexibility index (Phi) is 6.33. The van der Waals surface area contributed by atoms with Gasteiger partial charge >= 0.3 is 0 Å². The molecule has 2 aliphatic heterocycles. The number of likely N-dealkylation sites (N-methyl/N-ethyl adjacent to an activating group) is 1. The molecular weight excluding hydrogens is 422 g/mol. The highest BCUT2D eigenvalue weighted by Crippen LogP contribution is 2.37. The predicted molar refractivity (Wildman–Crippen MR) is 116 cm³/mol. The van der Waals surface area contributed by atoms with E-state index < -0.39 is 10.0 Å². The number of aromatic nitrogens is 1. The molecule has 0 amide bonds. The lowest BCUT2D eigenvalue weighted by Gasteiger charge is -2.30. The fourth-order valence-electron chi connectivity index (χ4n) is 3.75. The number of sulfonamides is 1. The first-order valence-electron chi connectivity index (χ1n) is 10.0. The van der Waals surface area contributed by atoms with Crippen LogP contribution in [0, 0.1) is 0 Å². The van der Waals surface area contributed by atoms with Gasteiger partial charge in [0.05, 0.1) is 33.2 Å². The molecular formula is C21H27N3O6S. The first-order valence-corrected chi connectivity index (χ1v) is 11.9. The molecule has 1 aromatic heterocycles. The second-order valence-electron chi connectivity index (χ2n) is 7.83. The molecule has 168 valence electrons. The molecule has 9 nitrogen and oxygen atoms in total. The number of nitrogens with zero attached hydrogens (tertiary/aromatic N) is 2. The number of fused-ring (bicyclic) bond motifs is 1. The summed E-state index contributed by atoms with van der Waals surface area (Å²) in [5.74, 6) is 0.948. The molecule has 4 rings (SSSR count). The number of anilines is 1. The van der Waals surface area contributed by atoms with Crippen LogP contribution in [-0.4, -0.2) is 71.1 Å². The Morgan fingerprint density at radius 2 is 2.10 bits per heavy atom. The Bertz CT molecular complexity index is 1060. The maximum absolute atomic E-state index is 11.7. The standard InChI is InChI=1S/C21H27N3O6S/c1-24-4-5-29-17(10-24)12-30-20-8-14(6-16-11-28-13-18(16)20)15-7-19(23-31(3,25)26)21(27-2)22-9-15/h6-9,17,23H,4-5,10-13H2,1-3H3/t17-/m0/s1. The average molecular weight is 450 g/mol. The number of hydrogen-bond acceptors (Lipinski definition) is 8. The monoisotopic (exact) mass is 449 g/mol. The zero-order valence-corrected chi connectivity index (χ0v) is 18.7. The van der Waals surface area contributed by atoms with E-state index >= 15 is 0 Å². The van der Waals surface area contributed by atoms with Crippen molar-refractivity contribution in [3.63, 3.8) is 0 Å². The van der Waals surface area contributed by atoms with E-state index in [0.717, 1.165) is 47.3 Å². The summed E-state index contributed by atoms with van der Waals surface area (Å²) in [7, 11) is 0.0287. The first-order chi connectivity index (χ1) is 14.8. The van der Waals surface area contributed by atoms with Crippen molar-refractivity contribution in [3.8, 4) is 22.8 Å². The number of rotatable bonds is 7. The van der Waals surface area contributed by atoms with Gasteiger partial charge < -0.3 is 23.8 Å². The highest BCUT2D eigenvalue weighted by Gasteiger charge is 2.23. The van der Waals surface area contributed by atoms with Gasteiger partial charge in [-0.1, -0.05) is 0 Å². The van der Waals surface area contributed by atoms with Gasteiger partial charge in [0, 0.05) is 30.4 Å². The third-order valence-electron chi connectivity index (χ3n) is 5.25. The van der Waals surface area contributed by atoms with E-state index in [1.165, 1.54) is 7.11 Å². The minimum Gasteiger partial charge on any atom is -0.490 e. The smallest absolute Gasteiger partial charge is 0.238 e. The fourth-order valence-corrected chi connectivity index (χ4v) is 4.30. The van der Waals surface area contributed by atoms with Crippen molar-refractivity contribution in [2.45, 2.75) is 19.3 Å². The maximum atomic E-state index is 11.7. The third-order valence-corrected chi connectivity index (χ3v) is 5.84. The Morgan fingerprint density at radius 1 is 1.26 bits per heavy atom. The molecule has 1 saturated heterocycles. The Balaban J connectivity index is 1.63. The zero-order valence-electron chi connectivity index (χ0n) is 17.9. The molecule has 2 aliphatic rings. The van der Waals surface area contributed by atoms with Crippen LogP contribution < -0.4 is 14.2 Å². The van der Waals surface area contributed by atoms with Crippen molar-refractivity contribution in [1.82, 2.24) is 9.88 Å². The normalized spacial score (nSPS) is 19.1. The summed E-state index contributed by atoms with van der Waals surface area (Å²) in [4.78, 5) is 6.48. The van der Waals surface area contributed by atoms with E-state index in [4.69, 9.17) is 18.9 Å². The van der Waals surface area contributed by atoms with Crippen molar-refractivity contribution in [2.24, 2.45) is 0 Å². The van der Waals surface area contributed by atoms with Crippen LogP contribution in [0.1, 0.15) is 11.1 Å². The van der Waals surface area contributed by atoms with Gasteiger partial charge in [-0.15, -0.1) is 0 Å². The lowest BCUT2D eigenvalue weighted by atomic mass is 10.0. The van der Waals surface area contributed by atoms with Gasteiger partial charge in [0.15, 0.2) is 0 Å². The summed E-state index contributed by atoms with van der Waals surface area (Å²) in [6.45, 7) is 3.88. The number of methoxy groups -OCH3 is 1. The van der Waals surface area contributed by atoms with Crippen molar-refractivity contribution in [1.29, 1.82) is 0 Å². The molecule has 0 aliphatic carbocycles. The zero-order chi connectivity index (χ0) is 22.0. The lowest BCUT2D eigenvalue weighted by Crippen LogP contribution is -2.42. The van der Waals surface area contributed by atoms with Gasteiger partial charge in [-0.2, -0.15) is 0 Å². The molecule has 3 heterocycles. The molecule has 1 fully saturated rings. The van der Waals surface area contributed by atoms with Crippen LogP contribution in [-0.2, 0) is 32.7 Å². The van der Waals surface area contributed by atoms with Gasteiger partial charge in [-0.3, -0.25) is 4.72 Å². The summed E-state index contributed by atoms with van der Waals surface area (Å²) >= 11 is 0. The van der Waals surface area contributed by atoms with Gasteiger partial charge in [0.25, 0.3) is 0 Å². The third kappa shape index (κ3) is 5.27. The second kappa shape index (κ2) is 8.99. The van der Waals surface area contributed by atoms with Crippen LogP contribution in [0.4, 0.5) is 5.69 Å². The number of ether oxygens (including phenoxy) is 4. The minimum atomic E-state index is -3.48. The molecule has 1 atom stereocenters. The van der Waals surface area contributed by atoms with E-state index in [9.17, 15) is 8.42 Å². The number of morpholine rings is 1. The molecule has 10 heteroatoms. The number of pyridine rings is 1. The van der Waals surface area contributed by atoms with Crippen molar-refractivity contribution in [2.75, 3.05) is 51.4 Å². The summed E-state index contributed by atoms with van der Waals surface area (Å²) in [6, 6.07) is 5.66. The number of benzene rings is 1. The number of hydrogen-bond donors (Lipinski definition) is 1. The lowest BCUT2D eigenvalue weighted by molar-refractivity contribution is -0.0405. The van der Waals surface area contributed by atoms with Gasteiger partial charge in [0.1, 0.15) is 24.1 Å². The summed E-state index contributed by atoms with van der Waals surface area (Å²) in [5.41, 5.74) is 3.94. The molecule has 1 aromatic carbocycles. The van der Waals surface area contributed by atoms with Crippen molar-refractivity contribution < 1.29 is 27.4 Å². The van der Waals surface area contributed by atoms with Crippen LogP contribution in [0.2, 0.25) is 0 Å². The molecule has 1 N–H and O–H groups in total. The van der Waals surface area contributed by atoms with Crippen molar-refractivity contribution >= 4 is 15.7 Å². The number of nitrogens with one attached hydrogen (secondary N) is 1. The van der Waals surface area contributed by atoms with Crippen LogP contribution in [0.3, 0.4) is 0 Å². The average Bonchev–Trinajstić information content (AvgIpc) is 3.19. The fraction of sp³-hybridized carbons (Fsp3) is 0.476. The van der Waals surface area contributed by atoms with Gasteiger partial charge in [-0.25, -0.2) is 13.4 Å². The van der Waals surface area contributed by atoms with E-state index in [1.54, 1.807) is 12.3 Å². The maximum Gasteiger partial charge on any atom is 0.238 e. The van der Waals surface area contributed by atoms with Crippen molar-refractivity contribution in [3.05, 3.63) is 35.5 Å². The van der Waals surface area contributed by atoms with E-state index in [2.05, 4.69) is 21.7 Å². The van der Waals surface area contributed by atoms with Crippen LogP contribution in [0.15, 0.2) is 24.4 Å². The SMILES string of the molecule is COc1ncc(-c2cc3c(c(OC[C@@H]4CN(C)CCO4)c2)COC3)cc1NS(C)(=O)=O. The summed E-state index contributed by atoms with van der Waals surface area (Å²) in [6.07, 6.45) is 2.74. The Morgan fingerprint density at radius 3 is 2.84 bits per heavy atom. The molecule has 0 bridgehead atoms. The van der Waals surface area contributed by atoms with E-state index in [0.29, 0.717) is 26.4 Å². The highest BCUT2D eigenvalue weighted by molar-refractivity contribution is 7.92. The topological polar surface area (TPSA) is 99.2 Å². The van der Waals surface area contributed by atoms with Gasteiger partial charge in [0.2, 0.25) is 15.9 Å². The molecule has 0 unspecified atom stereocenters. The second-order valence-corrected chi connectivity index (χ2v) is 9.57. The molecule has 0 spiro atoms. The van der Waals surface area contributed by atoms with E-state index in [1.807, 2.05) is 12.1 Å². The van der Waals surface area contributed by atoms with Crippen LogP contribution in [0.25, 0.3) is 11.1 Å². The highest BCUT2D eigenvalue weighted by atomic mass is 32.2. The minimum absolute atomic E-state index is 0.00796. The quantitative estimate of drug-likeness (QED) is 0.684. The van der Waals surface area contributed by atoms with Gasteiger partial charge in [-0.05, 0) is 36.4 Å². The van der Waals surface area contributed by atoms with E-state index in [-0.39, 0.29) is 17.7 Å². The summed E-state index contributed by atoms with van der Waals surface area (Å²) in [5, 5.41) is 0. The van der Waals surface area contributed by atoms with Crippen LogP contribution in [0.5, 0.6) is 11.6 Å². The molecule has 0 saturated carbocycles. The summed E-state index contributed by atoms with van der Waals surface area (Å²) < 4.78 is 48.7. The largest absolute Gasteiger partial charge is 0.490 e. The Hall–Kier alpha value is -2.40. The first kappa shape index (κ1) is 21.8. The van der Waals surface area contributed by atoms with Crippen LogP contribution >= 0.6 is 0 Å².